The van der Waals surface area contributed by atoms with Crippen molar-refractivity contribution in [2.45, 2.75) is 64.2 Å². The molecular weight excluding hydrogens is 606 g/mol. The Morgan fingerprint density at radius 2 is 1.57 bits per heavy atom. The summed E-state index contributed by atoms with van der Waals surface area (Å²) in [5.74, 6) is -2.75. The van der Waals surface area contributed by atoms with Crippen molar-refractivity contribution in [1.82, 2.24) is 14.9 Å². The minimum atomic E-state index is -4.93. The fourth-order valence-electron chi connectivity index (χ4n) is 5.97. The number of aryl methyl sites for hydroxylation is 2. The number of piperidine rings is 1. The van der Waals surface area contributed by atoms with Crippen LogP contribution in [-0.4, -0.2) is 66.3 Å². The number of halogens is 4. The van der Waals surface area contributed by atoms with E-state index in [2.05, 4.69) is 15.6 Å². The number of anilines is 1. The molecule has 0 radical (unpaired) electrons. The number of hydrogen-bond acceptors (Lipinski definition) is 6. The molecule has 0 saturated carbocycles. The summed E-state index contributed by atoms with van der Waals surface area (Å²) in [5.41, 5.74) is -1.18. The number of aliphatic imine (C=N–C) groups is 1. The third-order valence-electron chi connectivity index (χ3n) is 8.56. The second kappa shape index (κ2) is 10.6. The van der Waals surface area contributed by atoms with Gasteiger partial charge in [-0.1, -0.05) is 0 Å². The number of hydrogen-bond donors (Lipinski definition) is 2. The van der Waals surface area contributed by atoms with Crippen LogP contribution in [0.15, 0.2) is 35.3 Å². The predicted molar refractivity (Wildman–Crippen MR) is 153 cm³/mol. The van der Waals surface area contributed by atoms with Crippen molar-refractivity contribution in [3.05, 3.63) is 64.0 Å². The van der Waals surface area contributed by atoms with Gasteiger partial charge in [0.15, 0.2) is 0 Å². The van der Waals surface area contributed by atoms with Gasteiger partial charge in [0.25, 0.3) is 11.8 Å². The van der Waals surface area contributed by atoms with E-state index in [1.165, 1.54) is 9.21 Å². The molecule has 0 aliphatic carbocycles. The van der Waals surface area contributed by atoms with E-state index >= 15 is 0 Å². The van der Waals surface area contributed by atoms with Gasteiger partial charge in [-0.15, -0.1) is 0 Å². The number of amidine groups is 1. The fraction of sp³-hybridized carbons (Fsp3) is 0.448. The molecule has 44 heavy (non-hydrogen) atoms. The first-order chi connectivity index (χ1) is 20.4. The van der Waals surface area contributed by atoms with E-state index in [0.29, 0.717) is 17.8 Å². The molecule has 2 fully saturated rings. The number of imide groups is 1. The molecular formula is C29H31F4N5O5S. The van der Waals surface area contributed by atoms with Crippen molar-refractivity contribution in [2.24, 2.45) is 4.99 Å². The average molecular weight is 638 g/mol. The first kappa shape index (κ1) is 31.6. The van der Waals surface area contributed by atoms with E-state index in [-0.39, 0.29) is 49.5 Å². The molecule has 3 heterocycles. The summed E-state index contributed by atoms with van der Waals surface area (Å²) in [5, 5.41) is 4.79. The Morgan fingerprint density at radius 3 is 2.11 bits per heavy atom. The second-order valence-electron chi connectivity index (χ2n) is 11.8. The molecule has 2 aromatic carbocycles. The van der Waals surface area contributed by atoms with Crippen molar-refractivity contribution in [1.29, 1.82) is 0 Å². The highest BCUT2D eigenvalue weighted by molar-refractivity contribution is 7.89. The van der Waals surface area contributed by atoms with Crippen LogP contribution in [0.5, 0.6) is 0 Å². The number of carbonyl (C=O) groups is 3. The highest BCUT2D eigenvalue weighted by Crippen LogP contribution is 2.36. The van der Waals surface area contributed by atoms with Gasteiger partial charge in [-0.25, -0.2) is 21.9 Å². The van der Waals surface area contributed by atoms with Crippen molar-refractivity contribution in [2.75, 3.05) is 23.7 Å². The maximum absolute atomic E-state index is 13.7. The Labute approximate surface area is 251 Å². The molecule has 0 unspecified atom stereocenters. The maximum Gasteiger partial charge on any atom is 0.419 e. The summed E-state index contributed by atoms with van der Waals surface area (Å²) < 4.78 is 81.2. The van der Waals surface area contributed by atoms with Crippen LogP contribution in [0.25, 0.3) is 0 Å². The van der Waals surface area contributed by atoms with E-state index < -0.39 is 56.5 Å². The molecule has 2 aromatic rings. The molecule has 0 atom stereocenters. The maximum atomic E-state index is 13.7. The van der Waals surface area contributed by atoms with Gasteiger partial charge >= 0.3 is 12.2 Å². The van der Waals surface area contributed by atoms with Gasteiger partial charge in [0.2, 0.25) is 10.0 Å². The molecule has 10 nitrogen and oxygen atoms in total. The Kier molecular flexibility index (Phi) is 7.64. The van der Waals surface area contributed by atoms with Crippen LogP contribution in [0.1, 0.15) is 54.5 Å². The van der Waals surface area contributed by atoms with Crippen molar-refractivity contribution >= 4 is 39.4 Å². The molecule has 0 bridgehead atoms. The number of nitrogens with one attached hydrogen (secondary N) is 2. The summed E-state index contributed by atoms with van der Waals surface area (Å²) in [6, 6.07) is 5.30. The topological polar surface area (TPSA) is 128 Å². The first-order valence-corrected chi connectivity index (χ1v) is 15.5. The van der Waals surface area contributed by atoms with Crippen LogP contribution in [0, 0.1) is 19.7 Å². The zero-order valence-electron chi connectivity index (χ0n) is 24.4. The molecule has 5 rings (SSSR count). The molecule has 2 saturated heterocycles. The summed E-state index contributed by atoms with van der Waals surface area (Å²) in [6.07, 6.45) is -4.70. The number of sulfonamides is 1. The molecule has 4 amide bonds. The van der Waals surface area contributed by atoms with E-state index in [0.717, 1.165) is 22.8 Å². The van der Waals surface area contributed by atoms with Gasteiger partial charge in [-0.3, -0.25) is 24.8 Å². The lowest BCUT2D eigenvalue weighted by atomic mass is 9.89. The number of rotatable bonds is 6. The van der Waals surface area contributed by atoms with Gasteiger partial charge in [0.1, 0.15) is 22.7 Å². The average Bonchev–Trinajstić information content (AvgIpc) is 3.33. The van der Waals surface area contributed by atoms with Gasteiger partial charge in [0, 0.05) is 24.3 Å². The number of carbonyl (C=O) groups excluding carboxylic acids is 3. The predicted octanol–water partition coefficient (Wildman–Crippen LogP) is 3.58. The van der Waals surface area contributed by atoms with Gasteiger partial charge in [-0.2, -0.15) is 13.2 Å². The van der Waals surface area contributed by atoms with E-state index in [9.17, 15) is 40.4 Å². The Bertz CT molecular complexity index is 1690. The molecule has 2 N–H and O–H groups in total. The van der Waals surface area contributed by atoms with Crippen LogP contribution >= 0.6 is 0 Å². The van der Waals surface area contributed by atoms with Gasteiger partial charge < -0.3 is 5.32 Å². The highest BCUT2D eigenvalue weighted by atomic mass is 32.2. The van der Waals surface area contributed by atoms with E-state index in [4.69, 9.17) is 0 Å². The van der Waals surface area contributed by atoms with Crippen LogP contribution in [0.4, 0.5) is 28.0 Å². The van der Waals surface area contributed by atoms with E-state index in [1.807, 2.05) is 0 Å². The lowest BCUT2D eigenvalue weighted by Gasteiger charge is -2.34. The smallest absolute Gasteiger partial charge is 0.308 e. The minimum Gasteiger partial charge on any atom is -0.308 e. The zero-order chi connectivity index (χ0) is 32.4. The van der Waals surface area contributed by atoms with Crippen LogP contribution in [0.2, 0.25) is 0 Å². The van der Waals surface area contributed by atoms with Crippen molar-refractivity contribution < 1.29 is 40.4 Å². The number of benzene rings is 2. The fourth-order valence-corrected chi connectivity index (χ4v) is 7.43. The normalized spacial score (nSPS) is 20.2. The van der Waals surface area contributed by atoms with Gasteiger partial charge in [0.05, 0.1) is 11.3 Å². The summed E-state index contributed by atoms with van der Waals surface area (Å²) in [4.78, 5) is 43.3. The molecule has 0 aromatic heterocycles. The lowest BCUT2D eigenvalue weighted by Crippen LogP contribution is -2.50. The quantitative estimate of drug-likeness (QED) is 0.370. The monoisotopic (exact) mass is 637 g/mol. The lowest BCUT2D eigenvalue weighted by molar-refractivity contribution is -0.140. The van der Waals surface area contributed by atoms with Crippen LogP contribution in [0.3, 0.4) is 0 Å². The number of urea groups is 1. The SMILES string of the molecule is Cc1cc(N2C(=O)NC(=O)C2(C)C)cc(C)c1CCS(=O)(=O)N1CCC2(CC1)N=C(c1ccc(F)c(C(F)(F)F)c1)NC2=O. The zero-order valence-corrected chi connectivity index (χ0v) is 25.2. The second-order valence-corrected chi connectivity index (χ2v) is 13.9. The van der Waals surface area contributed by atoms with Crippen LogP contribution < -0.4 is 15.5 Å². The number of nitrogens with zero attached hydrogens (tertiary/aromatic N) is 3. The Balaban J connectivity index is 1.27. The molecule has 1 spiro atoms. The summed E-state index contributed by atoms with van der Waals surface area (Å²) in [7, 11) is -3.76. The third kappa shape index (κ3) is 5.47. The molecule has 3 aliphatic rings. The van der Waals surface area contributed by atoms with Crippen molar-refractivity contribution in [3.63, 3.8) is 0 Å². The standard InChI is InChI=1S/C29H31F4N5O5S/c1-16-13-19(38-26(41)35-24(39)27(38,3)4)14-17(2)20(16)7-12-44(42,43)37-10-8-28(9-11-37)25(40)34-23(36-28)18-5-6-22(30)21(15-18)29(31,32)33/h5-6,13-15H,7-12H2,1-4H3,(H,34,36,40)(H,35,39,41). The first-order valence-electron chi connectivity index (χ1n) is 13.9. The molecule has 15 heteroatoms. The van der Waals surface area contributed by atoms with Crippen LogP contribution in [-0.2, 0) is 32.2 Å². The number of amides is 4. The van der Waals surface area contributed by atoms with E-state index in [1.54, 1.807) is 39.8 Å². The minimum absolute atomic E-state index is 0.0200. The Hall–Kier alpha value is -3.85. The summed E-state index contributed by atoms with van der Waals surface area (Å²) in [6.45, 7) is 6.84. The van der Waals surface area contributed by atoms with Gasteiger partial charge in [-0.05, 0) is 94.0 Å². The summed E-state index contributed by atoms with van der Waals surface area (Å²) >= 11 is 0. The van der Waals surface area contributed by atoms with Crippen molar-refractivity contribution in [3.8, 4) is 0 Å². The highest BCUT2D eigenvalue weighted by Gasteiger charge is 2.48. The Morgan fingerprint density at radius 1 is 0.955 bits per heavy atom. The molecule has 236 valence electrons. The largest absolute Gasteiger partial charge is 0.419 e. The third-order valence-corrected chi connectivity index (χ3v) is 10.4. The number of alkyl halides is 3. The molecule has 3 aliphatic heterocycles.